The summed E-state index contributed by atoms with van der Waals surface area (Å²) in [6.07, 6.45) is 0. The second-order valence-corrected chi connectivity index (χ2v) is 6.01. The molecule has 0 aliphatic carbocycles. The molecular formula is C15H16ClNOS. The van der Waals surface area contributed by atoms with E-state index in [9.17, 15) is 4.79 Å². The second-order valence-electron chi connectivity index (χ2n) is 4.44. The summed E-state index contributed by atoms with van der Waals surface area (Å²) < 4.78 is 0. The zero-order valence-corrected chi connectivity index (χ0v) is 12.5. The predicted molar refractivity (Wildman–Crippen MR) is 81.2 cm³/mol. The molecule has 2 rings (SSSR count). The van der Waals surface area contributed by atoms with E-state index < -0.39 is 0 Å². The fourth-order valence-electron chi connectivity index (χ4n) is 1.81. The number of alkyl halides is 1. The summed E-state index contributed by atoms with van der Waals surface area (Å²) >= 11 is 7.47. The number of aryl methyl sites for hydroxylation is 2. The third-order valence-corrected chi connectivity index (χ3v) is 4.51. The van der Waals surface area contributed by atoms with Crippen molar-refractivity contribution in [1.29, 1.82) is 0 Å². The number of amides is 1. The van der Waals surface area contributed by atoms with Gasteiger partial charge in [-0.3, -0.25) is 4.79 Å². The molecule has 0 bridgehead atoms. The Labute approximate surface area is 122 Å². The van der Waals surface area contributed by atoms with Crippen LogP contribution in [0.1, 0.15) is 31.7 Å². The van der Waals surface area contributed by atoms with Gasteiger partial charge in [0.05, 0.1) is 10.9 Å². The Balaban J connectivity index is 2.13. The van der Waals surface area contributed by atoms with Gasteiger partial charge in [-0.15, -0.1) is 22.9 Å². The van der Waals surface area contributed by atoms with E-state index in [1.165, 1.54) is 16.2 Å². The van der Waals surface area contributed by atoms with Crippen molar-refractivity contribution in [3.8, 4) is 0 Å². The average Bonchev–Trinajstić information content (AvgIpc) is 2.77. The zero-order chi connectivity index (χ0) is 13.8. The van der Waals surface area contributed by atoms with Gasteiger partial charge in [0, 0.05) is 10.8 Å². The van der Waals surface area contributed by atoms with Crippen LogP contribution >= 0.6 is 22.9 Å². The first-order valence-electron chi connectivity index (χ1n) is 6.10. The van der Waals surface area contributed by atoms with Crippen LogP contribution in [0, 0.1) is 13.8 Å². The van der Waals surface area contributed by atoms with E-state index >= 15 is 0 Å². The Kier molecular flexibility index (Phi) is 4.61. The Morgan fingerprint density at radius 3 is 2.53 bits per heavy atom. The van der Waals surface area contributed by atoms with Crippen LogP contribution < -0.4 is 5.32 Å². The lowest BCUT2D eigenvalue weighted by atomic mass is 10.1. The highest BCUT2D eigenvalue weighted by atomic mass is 35.5. The van der Waals surface area contributed by atoms with Gasteiger partial charge in [0.1, 0.15) is 0 Å². The van der Waals surface area contributed by atoms with E-state index in [1.54, 1.807) is 0 Å². The van der Waals surface area contributed by atoms with E-state index in [2.05, 4.69) is 5.32 Å². The predicted octanol–water partition coefficient (Wildman–Crippen LogP) is 4.07. The molecule has 0 saturated carbocycles. The molecule has 19 heavy (non-hydrogen) atoms. The highest BCUT2D eigenvalue weighted by molar-refractivity contribution is 7.14. The first-order chi connectivity index (χ1) is 9.11. The summed E-state index contributed by atoms with van der Waals surface area (Å²) in [5.74, 6) is 0.301. The number of halogens is 1. The number of hydrogen-bond donors (Lipinski definition) is 1. The van der Waals surface area contributed by atoms with Crippen LogP contribution in [0.25, 0.3) is 0 Å². The minimum Gasteiger partial charge on any atom is -0.343 e. The van der Waals surface area contributed by atoms with Crippen molar-refractivity contribution in [2.45, 2.75) is 19.9 Å². The van der Waals surface area contributed by atoms with E-state index in [-0.39, 0.29) is 11.9 Å². The van der Waals surface area contributed by atoms with Crippen molar-refractivity contribution in [2.24, 2.45) is 0 Å². The van der Waals surface area contributed by atoms with Crippen LogP contribution in [0.2, 0.25) is 0 Å². The fraction of sp³-hybridized carbons (Fsp3) is 0.267. The molecule has 0 fully saturated rings. The van der Waals surface area contributed by atoms with Gasteiger partial charge in [0.2, 0.25) is 0 Å². The van der Waals surface area contributed by atoms with Gasteiger partial charge in [-0.05, 0) is 31.0 Å². The summed E-state index contributed by atoms with van der Waals surface area (Å²) in [7, 11) is 0. The number of rotatable bonds is 4. The van der Waals surface area contributed by atoms with Gasteiger partial charge in [-0.1, -0.05) is 30.3 Å². The maximum absolute atomic E-state index is 12.2. The van der Waals surface area contributed by atoms with Gasteiger partial charge < -0.3 is 5.32 Å². The zero-order valence-electron chi connectivity index (χ0n) is 10.9. The number of hydrogen-bond acceptors (Lipinski definition) is 2. The molecule has 1 aromatic carbocycles. The maximum Gasteiger partial charge on any atom is 0.261 e. The van der Waals surface area contributed by atoms with Crippen LogP contribution in [0.3, 0.4) is 0 Å². The van der Waals surface area contributed by atoms with Gasteiger partial charge in [-0.2, -0.15) is 0 Å². The molecule has 4 heteroatoms. The van der Waals surface area contributed by atoms with Crippen molar-refractivity contribution in [1.82, 2.24) is 5.32 Å². The largest absolute Gasteiger partial charge is 0.343 e. The van der Waals surface area contributed by atoms with Crippen molar-refractivity contribution in [3.63, 3.8) is 0 Å². The highest BCUT2D eigenvalue weighted by Gasteiger charge is 2.16. The minimum absolute atomic E-state index is 0.0595. The highest BCUT2D eigenvalue weighted by Crippen LogP contribution is 2.22. The number of carbonyl (C=O) groups excluding carboxylic acids is 1. The normalized spacial score (nSPS) is 12.2. The lowest BCUT2D eigenvalue weighted by molar-refractivity contribution is 0.0944. The molecule has 0 aliphatic heterocycles. The van der Waals surface area contributed by atoms with Crippen LogP contribution in [0.4, 0.5) is 0 Å². The quantitative estimate of drug-likeness (QED) is 0.846. The Bertz CT molecular complexity index is 545. The molecule has 1 N–H and O–H groups in total. The first kappa shape index (κ1) is 14.1. The van der Waals surface area contributed by atoms with Gasteiger partial charge in [-0.25, -0.2) is 0 Å². The lowest BCUT2D eigenvalue weighted by Crippen LogP contribution is -2.28. The molecule has 1 heterocycles. The monoisotopic (exact) mass is 293 g/mol. The van der Waals surface area contributed by atoms with Crippen LogP contribution in [-0.2, 0) is 0 Å². The standard InChI is InChI=1S/C15H16ClNOS/c1-10-8-14(19-11(10)2)15(18)17-13(9-16)12-6-4-3-5-7-12/h3-8,13H,9H2,1-2H3,(H,17,18). The number of carbonyl (C=O) groups is 1. The van der Waals surface area contributed by atoms with Crippen LogP contribution in [0.15, 0.2) is 36.4 Å². The molecule has 2 aromatic rings. The van der Waals surface area contributed by atoms with Gasteiger partial charge in [0.15, 0.2) is 0 Å². The van der Waals surface area contributed by atoms with E-state index in [0.717, 1.165) is 16.0 Å². The Morgan fingerprint density at radius 2 is 2.00 bits per heavy atom. The molecule has 0 saturated heterocycles. The minimum atomic E-state index is -0.155. The lowest BCUT2D eigenvalue weighted by Gasteiger charge is -2.15. The fourth-order valence-corrected chi connectivity index (χ4v) is 3.00. The van der Waals surface area contributed by atoms with E-state index in [0.29, 0.717) is 5.88 Å². The Morgan fingerprint density at radius 1 is 1.32 bits per heavy atom. The van der Waals surface area contributed by atoms with E-state index in [1.807, 2.05) is 50.2 Å². The van der Waals surface area contributed by atoms with Crippen molar-refractivity contribution >= 4 is 28.8 Å². The second kappa shape index (κ2) is 6.22. The summed E-state index contributed by atoms with van der Waals surface area (Å²) in [6, 6.07) is 11.5. The topological polar surface area (TPSA) is 29.1 Å². The molecule has 1 atom stereocenters. The third kappa shape index (κ3) is 3.37. The molecule has 0 radical (unpaired) electrons. The third-order valence-electron chi connectivity index (χ3n) is 3.05. The van der Waals surface area contributed by atoms with Crippen molar-refractivity contribution < 1.29 is 4.79 Å². The van der Waals surface area contributed by atoms with Gasteiger partial charge in [0.25, 0.3) is 5.91 Å². The molecule has 1 unspecified atom stereocenters. The summed E-state index contributed by atoms with van der Waals surface area (Å²) in [6.45, 7) is 4.03. The maximum atomic E-state index is 12.2. The molecule has 0 aliphatic rings. The molecule has 2 nitrogen and oxygen atoms in total. The summed E-state index contributed by atoms with van der Waals surface area (Å²) in [4.78, 5) is 14.1. The number of thiophene rings is 1. The van der Waals surface area contributed by atoms with Gasteiger partial charge >= 0.3 is 0 Å². The number of benzene rings is 1. The molecule has 100 valence electrons. The molecular weight excluding hydrogens is 278 g/mol. The van der Waals surface area contributed by atoms with Crippen molar-refractivity contribution in [2.75, 3.05) is 5.88 Å². The smallest absolute Gasteiger partial charge is 0.261 e. The molecule has 0 spiro atoms. The SMILES string of the molecule is Cc1cc(C(=O)NC(CCl)c2ccccc2)sc1C. The average molecular weight is 294 g/mol. The number of nitrogens with one attached hydrogen (secondary N) is 1. The van der Waals surface area contributed by atoms with E-state index in [4.69, 9.17) is 11.6 Å². The Hall–Kier alpha value is -1.32. The van der Waals surface area contributed by atoms with Crippen LogP contribution in [0.5, 0.6) is 0 Å². The van der Waals surface area contributed by atoms with Crippen LogP contribution in [-0.4, -0.2) is 11.8 Å². The molecule has 1 aromatic heterocycles. The first-order valence-corrected chi connectivity index (χ1v) is 7.45. The summed E-state index contributed by atoms with van der Waals surface area (Å²) in [5.41, 5.74) is 2.17. The van der Waals surface area contributed by atoms with Crippen molar-refractivity contribution in [3.05, 3.63) is 57.3 Å². The molecule has 1 amide bonds. The summed E-state index contributed by atoms with van der Waals surface area (Å²) in [5, 5.41) is 2.98.